The summed E-state index contributed by atoms with van der Waals surface area (Å²) in [7, 11) is 0. The molecule has 4 fully saturated rings. The van der Waals surface area contributed by atoms with Gasteiger partial charge in [0.25, 0.3) is 0 Å². The highest BCUT2D eigenvalue weighted by Crippen LogP contribution is 2.70. The molecule has 0 amide bonds. The van der Waals surface area contributed by atoms with E-state index in [4.69, 9.17) is 28.4 Å². The predicted octanol–water partition coefficient (Wildman–Crippen LogP) is 4.19. The zero-order valence-corrected chi connectivity index (χ0v) is 28.8. The van der Waals surface area contributed by atoms with Crippen molar-refractivity contribution in [2.45, 2.75) is 89.9 Å². The third-order valence-electron chi connectivity index (χ3n) is 11.3. The molecule has 12 heteroatoms. The van der Waals surface area contributed by atoms with Crippen LogP contribution in [0.1, 0.15) is 68.7 Å². The Morgan fingerprint density at radius 1 is 0.800 bits per heavy atom. The van der Waals surface area contributed by atoms with E-state index in [0.29, 0.717) is 0 Å². The SMILES string of the molecule is C=C[C@H]1C(OC(=O)c2ccccc2)[C@H]2[C@@]3(O[C@@]1(C)OC3=O)[C@H](O)C[C@H]1C(C)(C)[C@H](OC(C)=O)[C@H](OC(C)=O)[C@H](OC(=O)c3ccccc3)[C@@]12C. The standard InChI is InChI=1S/C38H42O12/c1-8-24-27(47-32(42)22-15-11-9-12-16-22)29-36(6)25(19-26(41)38(29)34(44)49-37(24,7)50-38)35(4,5)30(46-21(3)40)28(45-20(2)39)31(36)48-33(43)23-17-13-10-14-18-23/h8-18,24-31,41H,1,19H2,2-7H3/t24-,25-,26+,27?,28-,29+,30+,31-,36-,37+,38-/m0/s1. The summed E-state index contributed by atoms with van der Waals surface area (Å²) in [6, 6.07) is 16.4. The van der Waals surface area contributed by atoms with Crippen molar-refractivity contribution in [2.75, 3.05) is 0 Å². The molecule has 2 saturated carbocycles. The van der Waals surface area contributed by atoms with E-state index >= 15 is 0 Å². The van der Waals surface area contributed by atoms with Crippen LogP contribution in [0.5, 0.6) is 0 Å². The Labute approximate surface area is 290 Å². The summed E-state index contributed by atoms with van der Waals surface area (Å²) in [6.45, 7) is 13.2. The number of esters is 5. The van der Waals surface area contributed by atoms with Gasteiger partial charge in [-0.15, -0.1) is 6.58 Å². The van der Waals surface area contributed by atoms with Crippen LogP contribution in [-0.2, 0) is 42.8 Å². The maximum atomic E-state index is 14.2. The van der Waals surface area contributed by atoms with Crippen LogP contribution in [0.2, 0.25) is 0 Å². The quantitative estimate of drug-likeness (QED) is 0.251. The lowest BCUT2D eigenvalue weighted by Gasteiger charge is -2.68. The summed E-state index contributed by atoms with van der Waals surface area (Å²) in [5, 5.41) is 12.1. The highest BCUT2D eigenvalue weighted by Gasteiger charge is 2.83. The first kappa shape index (κ1) is 35.3. The number of hydrogen-bond donors (Lipinski definition) is 1. The Morgan fingerprint density at radius 2 is 1.34 bits per heavy atom. The second-order valence-electron chi connectivity index (χ2n) is 14.6. The molecule has 2 aliphatic carbocycles. The number of aliphatic hydroxyl groups excluding tert-OH is 1. The van der Waals surface area contributed by atoms with Gasteiger partial charge in [0.2, 0.25) is 11.4 Å². The zero-order chi connectivity index (χ0) is 36.4. The van der Waals surface area contributed by atoms with Crippen LogP contribution in [0.3, 0.4) is 0 Å². The van der Waals surface area contributed by atoms with Crippen molar-refractivity contribution in [3.05, 3.63) is 84.4 Å². The van der Waals surface area contributed by atoms with Crippen molar-refractivity contribution < 1.29 is 57.5 Å². The molecule has 4 aliphatic rings. The number of hydrogen-bond acceptors (Lipinski definition) is 12. The molecule has 0 aromatic heterocycles. The number of carbonyl (C=O) groups is 5. The van der Waals surface area contributed by atoms with Crippen molar-refractivity contribution in [1.82, 2.24) is 0 Å². The summed E-state index contributed by atoms with van der Waals surface area (Å²) >= 11 is 0. The van der Waals surface area contributed by atoms with Crippen LogP contribution >= 0.6 is 0 Å². The van der Waals surface area contributed by atoms with Crippen LogP contribution in [0.4, 0.5) is 0 Å². The number of ether oxygens (including phenoxy) is 6. The summed E-state index contributed by atoms with van der Waals surface area (Å²) in [6.07, 6.45) is -5.46. The minimum atomic E-state index is -2.12. The van der Waals surface area contributed by atoms with Gasteiger partial charge in [0, 0.05) is 37.5 Å². The van der Waals surface area contributed by atoms with Crippen molar-refractivity contribution in [3.63, 3.8) is 0 Å². The number of rotatable bonds is 7. The Hall–Kier alpha value is -4.55. The fraction of sp³-hybridized carbons (Fsp3) is 0.500. The minimum absolute atomic E-state index is 0.118. The Kier molecular flexibility index (Phi) is 8.71. The summed E-state index contributed by atoms with van der Waals surface area (Å²) in [4.78, 5) is 67.5. The van der Waals surface area contributed by atoms with Crippen LogP contribution in [0, 0.1) is 28.6 Å². The molecule has 2 aromatic carbocycles. The lowest BCUT2D eigenvalue weighted by Crippen LogP contribution is -2.80. The molecular formula is C38H42O12. The molecule has 1 unspecified atom stereocenters. The van der Waals surface area contributed by atoms with Gasteiger partial charge in [0.05, 0.1) is 23.1 Å². The fourth-order valence-corrected chi connectivity index (χ4v) is 9.37. The number of carbonyl (C=O) groups excluding carboxylic acids is 5. The van der Waals surface area contributed by atoms with Gasteiger partial charge in [-0.25, -0.2) is 14.4 Å². The van der Waals surface area contributed by atoms with Gasteiger partial charge >= 0.3 is 29.8 Å². The Morgan fingerprint density at radius 3 is 1.86 bits per heavy atom. The first-order chi connectivity index (χ1) is 23.5. The summed E-state index contributed by atoms with van der Waals surface area (Å²) < 4.78 is 37.0. The van der Waals surface area contributed by atoms with Gasteiger partial charge in [0.1, 0.15) is 18.3 Å². The van der Waals surface area contributed by atoms with Crippen LogP contribution in [-0.4, -0.2) is 76.9 Å². The van der Waals surface area contributed by atoms with Gasteiger partial charge in [0.15, 0.2) is 6.10 Å². The van der Waals surface area contributed by atoms with Crippen LogP contribution in [0.15, 0.2) is 73.3 Å². The maximum Gasteiger partial charge on any atom is 0.344 e. The fourth-order valence-electron chi connectivity index (χ4n) is 9.37. The summed E-state index contributed by atoms with van der Waals surface area (Å²) in [5.41, 5.74) is -4.33. The van der Waals surface area contributed by atoms with E-state index in [1.54, 1.807) is 81.4 Å². The molecular weight excluding hydrogens is 648 g/mol. The molecule has 2 aliphatic heterocycles. The second kappa shape index (κ2) is 12.3. The second-order valence-corrected chi connectivity index (χ2v) is 14.6. The Balaban J connectivity index is 1.62. The monoisotopic (exact) mass is 690 g/mol. The number of aliphatic hydroxyl groups is 1. The average molecular weight is 691 g/mol. The molecule has 11 atom stereocenters. The van der Waals surface area contributed by atoms with Gasteiger partial charge in [-0.1, -0.05) is 63.2 Å². The zero-order valence-electron chi connectivity index (χ0n) is 28.8. The van der Waals surface area contributed by atoms with Crippen molar-refractivity contribution in [3.8, 4) is 0 Å². The van der Waals surface area contributed by atoms with Crippen LogP contribution in [0.25, 0.3) is 0 Å². The normalized spacial score (nSPS) is 37.9. The third-order valence-corrected chi connectivity index (χ3v) is 11.3. The first-order valence-corrected chi connectivity index (χ1v) is 16.6. The molecule has 1 N–H and O–H groups in total. The van der Waals surface area contributed by atoms with Gasteiger partial charge in [-0.2, -0.15) is 0 Å². The molecule has 50 heavy (non-hydrogen) atoms. The van der Waals surface area contributed by atoms with E-state index in [1.165, 1.54) is 26.8 Å². The molecule has 1 spiro atoms. The number of fused-ring (bicyclic) bond motifs is 3. The van der Waals surface area contributed by atoms with E-state index in [2.05, 4.69) is 6.58 Å². The van der Waals surface area contributed by atoms with E-state index in [-0.39, 0.29) is 17.5 Å². The third kappa shape index (κ3) is 5.22. The van der Waals surface area contributed by atoms with E-state index < -0.39 is 100 Å². The highest BCUT2D eigenvalue weighted by molar-refractivity contribution is 5.90. The first-order valence-electron chi connectivity index (χ1n) is 16.6. The molecule has 12 nitrogen and oxygen atoms in total. The van der Waals surface area contributed by atoms with Crippen LogP contribution < -0.4 is 0 Å². The summed E-state index contributed by atoms with van der Waals surface area (Å²) in [5.74, 6) is -8.53. The molecule has 2 bridgehead atoms. The van der Waals surface area contributed by atoms with E-state index in [0.717, 1.165) is 0 Å². The van der Waals surface area contributed by atoms with Crippen molar-refractivity contribution in [2.24, 2.45) is 28.6 Å². The van der Waals surface area contributed by atoms with Gasteiger partial charge < -0.3 is 33.5 Å². The molecule has 2 heterocycles. The maximum absolute atomic E-state index is 14.2. The molecule has 266 valence electrons. The van der Waals surface area contributed by atoms with E-state index in [9.17, 15) is 29.1 Å². The lowest BCUT2D eigenvalue weighted by atomic mass is 9.40. The van der Waals surface area contributed by atoms with Gasteiger partial charge in [-0.05, 0) is 36.6 Å². The Bertz CT molecular complexity index is 1710. The van der Waals surface area contributed by atoms with Gasteiger partial charge in [-0.3, -0.25) is 9.59 Å². The smallest absolute Gasteiger partial charge is 0.344 e. The number of benzene rings is 2. The van der Waals surface area contributed by atoms with Crippen molar-refractivity contribution >= 4 is 29.8 Å². The molecule has 2 saturated heterocycles. The lowest BCUT2D eigenvalue weighted by molar-refractivity contribution is -0.354. The highest BCUT2D eigenvalue weighted by atomic mass is 16.8. The molecule has 0 radical (unpaired) electrons. The minimum Gasteiger partial charge on any atom is -0.458 e. The van der Waals surface area contributed by atoms with E-state index in [1.807, 2.05) is 0 Å². The predicted molar refractivity (Wildman–Crippen MR) is 174 cm³/mol. The average Bonchev–Trinajstić information content (AvgIpc) is 3.29. The largest absolute Gasteiger partial charge is 0.458 e. The van der Waals surface area contributed by atoms with Crippen molar-refractivity contribution in [1.29, 1.82) is 0 Å². The molecule has 6 rings (SSSR count). The topological polar surface area (TPSA) is 161 Å². The molecule has 2 aromatic rings.